The van der Waals surface area contributed by atoms with Gasteiger partial charge < -0.3 is 11.1 Å². The Morgan fingerprint density at radius 2 is 1.95 bits per heavy atom. The molecule has 4 nitrogen and oxygen atoms in total. The molecule has 2 atom stereocenters. The van der Waals surface area contributed by atoms with E-state index in [1.807, 2.05) is 6.07 Å². The lowest BCUT2D eigenvalue weighted by Gasteiger charge is -2.25. The highest BCUT2D eigenvalue weighted by atomic mass is 16.2. The predicted molar refractivity (Wildman–Crippen MR) is 78.6 cm³/mol. The maximum atomic E-state index is 11.3. The summed E-state index contributed by atoms with van der Waals surface area (Å²) < 4.78 is 0. The minimum absolute atomic E-state index is 0.0853. The minimum atomic E-state index is -0.433. The molecule has 0 aliphatic heterocycles. The number of carbonyl (C=O) groups excluding carboxylic acids is 1. The van der Waals surface area contributed by atoms with Crippen molar-refractivity contribution in [2.75, 3.05) is 13.6 Å². The molecule has 1 aromatic carbocycles. The van der Waals surface area contributed by atoms with Crippen LogP contribution in [0.1, 0.15) is 25.8 Å². The summed E-state index contributed by atoms with van der Waals surface area (Å²) in [7, 11) is 2.10. The largest absolute Gasteiger partial charge is 0.355 e. The first-order chi connectivity index (χ1) is 9.00. The quantitative estimate of drug-likeness (QED) is 0.781. The standard InChI is InChI=1S/C15H25N3O/c1-12(9-10-17-15(19)13(2)16)18(3)11-14-7-5-4-6-8-14/h4-8,12-13H,9-11,16H2,1-3H3,(H,17,19). The van der Waals surface area contributed by atoms with Gasteiger partial charge in [0.2, 0.25) is 5.91 Å². The van der Waals surface area contributed by atoms with E-state index >= 15 is 0 Å². The van der Waals surface area contributed by atoms with Gasteiger partial charge in [-0.1, -0.05) is 30.3 Å². The average Bonchev–Trinajstić information content (AvgIpc) is 2.39. The SMILES string of the molecule is CC(N)C(=O)NCCC(C)N(C)Cc1ccccc1. The fourth-order valence-corrected chi connectivity index (χ4v) is 1.81. The number of rotatable bonds is 7. The van der Waals surface area contributed by atoms with Gasteiger partial charge in [0.1, 0.15) is 0 Å². The maximum absolute atomic E-state index is 11.3. The van der Waals surface area contributed by atoms with Crippen LogP contribution in [0.3, 0.4) is 0 Å². The summed E-state index contributed by atoms with van der Waals surface area (Å²) in [6.45, 7) is 5.45. The second kappa shape index (κ2) is 7.92. The molecule has 4 heteroatoms. The van der Waals surface area contributed by atoms with Crippen molar-refractivity contribution < 1.29 is 4.79 Å². The Balaban J connectivity index is 2.29. The smallest absolute Gasteiger partial charge is 0.236 e. The molecule has 0 bridgehead atoms. The molecule has 1 rings (SSSR count). The maximum Gasteiger partial charge on any atom is 0.236 e. The van der Waals surface area contributed by atoms with Crippen LogP contribution in [0.2, 0.25) is 0 Å². The third-order valence-electron chi connectivity index (χ3n) is 3.30. The summed E-state index contributed by atoms with van der Waals surface area (Å²) >= 11 is 0. The zero-order valence-corrected chi connectivity index (χ0v) is 12.1. The Bertz CT molecular complexity index is 378. The third kappa shape index (κ3) is 5.85. The molecule has 0 aliphatic carbocycles. The summed E-state index contributed by atoms with van der Waals surface area (Å²) in [5.74, 6) is -0.0853. The van der Waals surface area contributed by atoms with Gasteiger partial charge >= 0.3 is 0 Å². The van der Waals surface area contributed by atoms with E-state index in [4.69, 9.17) is 5.73 Å². The van der Waals surface area contributed by atoms with Crippen LogP contribution in [-0.4, -0.2) is 36.5 Å². The number of amides is 1. The van der Waals surface area contributed by atoms with Crippen molar-refractivity contribution in [2.24, 2.45) is 5.73 Å². The summed E-state index contributed by atoms with van der Waals surface area (Å²) in [5, 5.41) is 2.84. The molecule has 0 aromatic heterocycles. The summed E-state index contributed by atoms with van der Waals surface area (Å²) in [6, 6.07) is 10.4. The van der Waals surface area contributed by atoms with Gasteiger partial charge in [-0.05, 0) is 32.9 Å². The molecule has 0 aliphatic rings. The van der Waals surface area contributed by atoms with Crippen molar-refractivity contribution >= 4 is 5.91 Å². The topological polar surface area (TPSA) is 58.4 Å². The number of benzene rings is 1. The molecule has 19 heavy (non-hydrogen) atoms. The van der Waals surface area contributed by atoms with Gasteiger partial charge in [-0.3, -0.25) is 9.69 Å². The van der Waals surface area contributed by atoms with Crippen molar-refractivity contribution in [3.05, 3.63) is 35.9 Å². The molecule has 106 valence electrons. The van der Waals surface area contributed by atoms with Crippen LogP contribution < -0.4 is 11.1 Å². The van der Waals surface area contributed by atoms with Crippen LogP contribution in [0.4, 0.5) is 0 Å². The van der Waals surface area contributed by atoms with Crippen LogP contribution in [0.25, 0.3) is 0 Å². The highest BCUT2D eigenvalue weighted by Gasteiger charge is 2.11. The predicted octanol–water partition coefficient (Wildman–Crippen LogP) is 1.36. The van der Waals surface area contributed by atoms with Gasteiger partial charge in [-0.15, -0.1) is 0 Å². The normalized spacial score (nSPS) is 14.2. The second-order valence-electron chi connectivity index (χ2n) is 5.12. The van der Waals surface area contributed by atoms with Gasteiger partial charge in [0, 0.05) is 19.1 Å². The molecule has 0 heterocycles. The van der Waals surface area contributed by atoms with E-state index in [1.54, 1.807) is 6.92 Å². The minimum Gasteiger partial charge on any atom is -0.355 e. The van der Waals surface area contributed by atoms with E-state index < -0.39 is 6.04 Å². The zero-order valence-electron chi connectivity index (χ0n) is 12.1. The second-order valence-corrected chi connectivity index (χ2v) is 5.12. The zero-order chi connectivity index (χ0) is 14.3. The highest BCUT2D eigenvalue weighted by molar-refractivity contribution is 5.80. The molecule has 0 saturated heterocycles. The average molecular weight is 263 g/mol. The van der Waals surface area contributed by atoms with Crippen LogP contribution in [-0.2, 0) is 11.3 Å². The van der Waals surface area contributed by atoms with E-state index in [9.17, 15) is 4.79 Å². The number of hydrogen-bond donors (Lipinski definition) is 2. The Hall–Kier alpha value is -1.39. The highest BCUT2D eigenvalue weighted by Crippen LogP contribution is 2.07. The Morgan fingerprint density at radius 3 is 2.53 bits per heavy atom. The molecule has 2 unspecified atom stereocenters. The first-order valence-electron chi connectivity index (χ1n) is 6.78. The summed E-state index contributed by atoms with van der Waals surface area (Å²) in [4.78, 5) is 13.6. The molecular formula is C15H25N3O. The first kappa shape index (κ1) is 15.7. The number of hydrogen-bond acceptors (Lipinski definition) is 3. The Morgan fingerprint density at radius 1 is 1.32 bits per heavy atom. The van der Waals surface area contributed by atoms with Crippen molar-refractivity contribution in [1.82, 2.24) is 10.2 Å². The van der Waals surface area contributed by atoms with Gasteiger partial charge in [0.05, 0.1) is 6.04 Å². The van der Waals surface area contributed by atoms with Crippen LogP contribution in [0.5, 0.6) is 0 Å². The third-order valence-corrected chi connectivity index (χ3v) is 3.30. The molecule has 0 spiro atoms. The van der Waals surface area contributed by atoms with Gasteiger partial charge in [-0.25, -0.2) is 0 Å². The van der Waals surface area contributed by atoms with Crippen LogP contribution in [0.15, 0.2) is 30.3 Å². The van der Waals surface area contributed by atoms with E-state index in [0.717, 1.165) is 13.0 Å². The number of nitrogens with one attached hydrogen (secondary N) is 1. The van der Waals surface area contributed by atoms with E-state index in [-0.39, 0.29) is 5.91 Å². The van der Waals surface area contributed by atoms with Gasteiger partial charge in [0.15, 0.2) is 0 Å². The molecule has 1 aromatic rings. The van der Waals surface area contributed by atoms with E-state index in [2.05, 4.69) is 48.5 Å². The van der Waals surface area contributed by atoms with Gasteiger partial charge in [0.25, 0.3) is 0 Å². The monoisotopic (exact) mass is 263 g/mol. The van der Waals surface area contributed by atoms with Gasteiger partial charge in [-0.2, -0.15) is 0 Å². The molecule has 0 radical (unpaired) electrons. The summed E-state index contributed by atoms with van der Waals surface area (Å²) in [6.07, 6.45) is 0.918. The van der Waals surface area contributed by atoms with Crippen molar-refractivity contribution in [3.63, 3.8) is 0 Å². The Labute approximate surface area is 116 Å². The fraction of sp³-hybridized carbons (Fsp3) is 0.533. The molecule has 0 saturated carbocycles. The Kier molecular flexibility index (Phi) is 6.53. The molecule has 1 amide bonds. The fourth-order valence-electron chi connectivity index (χ4n) is 1.81. The lowest BCUT2D eigenvalue weighted by atomic mass is 10.1. The summed E-state index contributed by atoms with van der Waals surface area (Å²) in [5.41, 5.74) is 6.79. The van der Waals surface area contributed by atoms with Crippen molar-refractivity contribution in [3.8, 4) is 0 Å². The van der Waals surface area contributed by atoms with Crippen molar-refractivity contribution in [2.45, 2.75) is 38.9 Å². The van der Waals surface area contributed by atoms with E-state index in [1.165, 1.54) is 5.56 Å². The number of nitrogens with zero attached hydrogens (tertiary/aromatic N) is 1. The van der Waals surface area contributed by atoms with E-state index in [0.29, 0.717) is 12.6 Å². The first-order valence-corrected chi connectivity index (χ1v) is 6.78. The lowest BCUT2D eigenvalue weighted by Crippen LogP contribution is -2.40. The number of carbonyl (C=O) groups is 1. The number of nitrogens with two attached hydrogens (primary N) is 1. The van der Waals surface area contributed by atoms with Crippen LogP contribution >= 0.6 is 0 Å². The van der Waals surface area contributed by atoms with Crippen molar-refractivity contribution in [1.29, 1.82) is 0 Å². The molecular weight excluding hydrogens is 238 g/mol. The molecule has 0 fully saturated rings. The lowest BCUT2D eigenvalue weighted by molar-refractivity contribution is -0.122. The molecule has 3 N–H and O–H groups in total. The van der Waals surface area contributed by atoms with Crippen LogP contribution in [0, 0.1) is 0 Å².